The minimum Gasteiger partial charge on any atom is -0.383 e. The van der Waals surface area contributed by atoms with Gasteiger partial charge >= 0.3 is 0 Å². The molecule has 84 valence electrons. The van der Waals surface area contributed by atoms with Crippen LogP contribution in [-0.4, -0.2) is 6.54 Å². The molecule has 0 amide bonds. The molecule has 0 bridgehead atoms. The molecule has 0 aliphatic rings. The summed E-state index contributed by atoms with van der Waals surface area (Å²) in [4.78, 5) is 0. The van der Waals surface area contributed by atoms with Crippen LogP contribution in [0.15, 0.2) is 12.1 Å². The van der Waals surface area contributed by atoms with Gasteiger partial charge in [0.25, 0.3) is 0 Å². The van der Waals surface area contributed by atoms with E-state index < -0.39 is 17.5 Å². The van der Waals surface area contributed by atoms with Gasteiger partial charge in [0.2, 0.25) is 0 Å². The maximum Gasteiger partial charge on any atom is 0.161 e. The zero-order chi connectivity index (χ0) is 11.3. The highest BCUT2D eigenvalue weighted by Crippen LogP contribution is 2.18. The third-order valence-corrected chi connectivity index (χ3v) is 2.11. The number of nitrogens with one attached hydrogen (secondary N) is 1. The highest BCUT2D eigenvalue weighted by molar-refractivity contribution is 5.45. The van der Waals surface area contributed by atoms with Gasteiger partial charge in [-0.25, -0.2) is 13.2 Å². The molecule has 1 aromatic rings. The van der Waals surface area contributed by atoms with Crippen molar-refractivity contribution in [1.29, 1.82) is 0 Å². The molecule has 4 heteroatoms. The lowest BCUT2D eigenvalue weighted by atomic mass is 10.2. The van der Waals surface area contributed by atoms with Crippen LogP contribution in [0.2, 0.25) is 0 Å². The van der Waals surface area contributed by atoms with Gasteiger partial charge in [-0.15, -0.1) is 0 Å². The monoisotopic (exact) mass is 217 g/mol. The quantitative estimate of drug-likeness (QED) is 0.585. The maximum atomic E-state index is 13.1. The Balaban J connectivity index is 2.57. The van der Waals surface area contributed by atoms with Gasteiger partial charge in [-0.1, -0.05) is 19.8 Å². The first-order chi connectivity index (χ1) is 7.15. The molecule has 0 atom stereocenters. The SMILES string of the molecule is CCCCCNc1cc(F)c(F)cc1F. The first-order valence-electron chi connectivity index (χ1n) is 5.03. The summed E-state index contributed by atoms with van der Waals surface area (Å²) in [6.45, 7) is 2.62. The Labute approximate surface area is 87.3 Å². The summed E-state index contributed by atoms with van der Waals surface area (Å²) in [6.07, 6.45) is 2.97. The zero-order valence-corrected chi connectivity index (χ0v) is 8.62. The fourth-order valence-electron chi connectivity index (χ4n) is 1.26. The lowest BCUT2D eigenvalue weighted by Gasteiger charge is -2.07. The second-order valence-corrected chi connectivity index (χ2v) is 3.38. The minimum absolute atomic E-state index is 0.0185. The highest BCUT2D eigenvalue weighted by atomic mass is 19.2. The third-order valence-electron chi connectivity index (χ3n) is 2.11. The number of benzene rings is 1. The van der Waals surface area contributed by atoms with Crippen LogP contribution in [0.3, 0.4) is 0 Å². The molecular formula is C11H14F3N. The van der Waals surface area contributed by atoms with Crippen molar-refractivity contribution in [3.63, 3.8) is 0 Å². The molecule has 0 saturated heterocycles. The summed E-state index contributed by atoms with van der Waals surface area (Å²) in [6, 6.07) is 1.40. The molecule has 0 spiro atoms. The second kappa shape index (κ2) is 5.63. The van der Waals surface area contributed by atoms with Gasteiger partial charge in [0, 0.05) is 18.7 Å². The molecule has 1 aromatic carbocycles. The van der Waals surface area contributed by atoms with Crippen LogP contribution >= 0.6 is 0 Å². The Morgan fingerprint density at radius 2 is 1.67 bits per heavy atom. The van der Waals surface area contributed by atoms with E-state index in [0.29, 0.717) is 12.6 Å². The summed E-state index contributed by atoms with van der Waals surface area (Å²) in [7, 11) is 0. The lowest BCUT2D eigenvalue weighted by Crippen LogP contribution is -2.04. The number of hydrogen-bond donors (Lipinski definition) is 1. The van der Waals surface area contributed by atoms with E-state index in [1.54, 1.807) is 0 Å². The van der Waals surface area contributed by atoms with Crippen molar-refractivity contribution < 1.29 is 13.2 Å². The van der Waals surface area contributed by atoms with E-state index >= 15 is 0 Å². The van der Waals surface area contributed by atoms with Gasteiger partial charge in [0.1, 0.15) is 5.82 Å². The Morgan fingerprint density at radius 3 is 2.33 bits per heavy atom. The molecular weight excluding hydrogens is 203 g/mol. The summed E-state index contributed by atoms with van der Waals surface area (Å²) >= 11 is 0. The van der Waals surface area contributed by atoms with E-state index in [9.17, 15) is 13.2 Å². The number of anilines is 1. The van der Waals surface area contributed by atoms with Crippen LogP contribution in [0, 0.1) is 17.5 Å². The Bertz CT molecular complexity index is 326. The van der Waals surface area contributed by atoms with Crippen molar-refractivity contribution in [3.05, 3.63) is 29.6 Å². The van der Waals surface area contributed by atoms with Crippen LogP contribution < -0.4 is 5.32 Å². The molecule has 0 aliphatic carbocycles. The van der Waals surface area contributed by atoms with Gasteiger partial charge in [0.05, 0.1) is 5.69 Å². The molecule has 15 heavy (non-hydrogen) atoms. The van der Waals surface area contributed by atoms with E-state index in [1.165, 1.54) is 0 Å². The predicted molar refractivity (Wildman–Crippen MR) is 54.3 cm³/mol. The van der Waals surface area contributed by atoms with Crippen molar-refractivity contribution >= 4 is 5.69 Å². The van der Waals surface area contributed by atoms with Gasteiger partial charge in [0.15, 0.2) is 11.6 Å². The van der Waals surface area contributed by atoms with Gasteiger partial charge < -0.3 is 5.32 Å². The highest BCUT2D eigenvalue weighted by Gasteiger charge is 2.08. The van der Waals surface area contributed by atoms with E-state index in [-0.39, 0.29) is 5.69 Å². The molecule has 0 unspecified atom stereocenters. The summed E-state index contributed by atoms with van der Waals surface area (Å²) in [5, 5.41) is 2.73. The minimum atomic E-state index is -1.16. The largest absolute Gasteiger partial charge is 0.383 e. The fourth-order valence-corrected chi connectivity index (χ4v) is 1.26. The van der Waals surface area contributed by atoms with Crippen LogP contribution in [0.4, 0.5) is 18.9 Å². The Kier molecular flexibility index (Phi) is 4.46. The van der Waals surface area contributed by atoms with Gasteiger partial charge in [-0.05, 0) is 6.42 Å². The standard InChI is InChI=1S/C11H14F3N/c1-2-3-4-5-15-11-7-9(13)8(12)6-10(11)14/h6-7,15H,2-5H2,1H3. The third kappa shape index (κ3) is 3.46. The molecule has 1 N–H and O–H groups in total. The Hall–Kier alpha value is -1.19. The molecule has 0 fully saturated rings. The van der Waals surface area contributed by atoms with E-state index in [1.807, 2.05) is 0 Å². The van der Waals surface area contributed by atoms with Crippen LogP contribution in [0.5, 0.6) is 0 Å². The number of rotatable bonds is 5. The second-order valence-electron chi connectivity index (χ2n) is 3.38. The summed E-state index contributed by atoms with van der Waals surface area (Å²) in [5.74, 6) is -2.95. The normalized spacial score (nSPS) is 10.4. The van der Waals surface area contributed by atoms with Gasteiger partial charge in [-0.2, -0.15) is 0 Å². The van der Waals surface area contributed by atoms with Gasteiger partial charge in [-0.3, -0.25) is 0 Å². The zero-order valence-electron chi connectivity index (χ0n) is 8.62. The van der Waals surface area contributed by atoms with E-state index in [0.717, 1.165) is 25.3 Å². The summed E-state index contributed by atoms with van der Waals surface area (Å²) < 4.78 is 38.4. The molecule has 0 heterocycles. The maximum absolute atomic E-state index is 13.1. The van der Waals surface area contributed by atoms with Crippen molar-refractivity contribution in [2.24, 2.45) is 0 Å². The van der Waals surface area contributed by atoms with Crippen molar-refractivity contribution in [1.82, 2.24) is 0 Å². The van der Waals surface area contributed by atoms with Crippen LogP contribution in [0.1, 0.15) is 26.2 Å². The Morgan fingerprint density at radius 1 is 1.00 bits per heavy atom. The van der Waals surface area contributed by atoms with Crippen molar-refractivity contribution in [2.75, 3.05) is 11.9 Å². The number of hydrogen-bond acceptors (Lipinski definition) is 1. The molecule has 0 aliphatic heterocycles. The lowest BCUT2D eigenvalue weighted by molar-refractivity contribution is 0.496. The summed E-state index contributed by atoms with van der Waals surface area (Å²) in [5.41, 5.74) is 0.0185. The predicted octanol–water partition coefficient (Wildman–Crippen LogP) is 3.71. The first kappa shape index (κ1) is 11.9. The topological polar surface area (TPSA) is 12.0 Å². The number of halogens is 3. The van der Waals surface area contributed by atoms with Crippen LogP contribution in [0.25, 0.3) is 0 Å². The molecule has 0 radical (unpaired) electrons. The van der Waals surface area contributed by atoms with E-state index in [2.05, 4.69) is 12.2 Å². The average Bonchev–Trinajstić information content (AvgIpc) is 2.20. The van der Waals surface area contributed by atoms with Crippen molar-refractivity contribution in [2.45, 2.75) is 26.2 Å². The first-order valence-corrected chi connectivity index (χ1v) is 5.03. The van der Waals surface area contributed by atoms with Crippen LogP contribution in [-0.2, 0) is 0 Å². The molecule has 1 nitrogen and oxygen atoms in total. The smallest absolute Gasteiger partial charge is 0.161 e. The van der Waals surface area contributed by atoms with Crippen molar-refractivity contribution in [3.8, 4) is 0 Å². The molecule has 0 aromatic heterocycles. The molecule has 1 rings (SSSR count). The molecule has 0 saturated carbocycles. The van der Waals surface area contributed by atoms with E-state index in [4.69, 9.17) is 0 Å². The number of unbranched alkanes of at least 4 members (excludes halogenated alkanes) is 2. The fraction of sp³-hybridized carbons (Fsp3) is 0.455. The average molecular weight is 217 g/mol.